The van der Waals surface area contributed by atoms with E-state index < -0.39 is 17.7 Å². The van der Waals surface area contributed by atoms with Crippen molar-refractivity contribution in [1.82, 2.24) is 14.8 Å². The van der Waals surface area contributed by atoms with Gasteiger partial charge in [0.15, 0.2) is 5.82 Å². The van der Waals surface area contributed by atoms with Crippen LogP contribution in [0.1, 0.15) is 17.5 Å². The highest BCUT2D eigenvalue weighted by Gasteiger charge is 2.31. The van der Waals surface area contributed by atoms with Crippen molar-refractivity contribution >= 4 is 5.97 Å². The molecule has 8 heteroatoms. The number of benzene rings is 1. The van der Waals surface area contributed by atoms with E-state index in [1.165, 1.54) is 11.0 Å². The number of aromatic nitrogens is 3. The van der Waals surface area contributed by atoms with Crippen molar-refractivity contribution in [2.45, 2.75) is 26.1 Å². The summed E-state index contributed by atoms with van der Waals surface area (Å²) >= 11 is 0. The van der Waals surface area contributed by atoms with Gasteiger partial charge in [-0.05, 0) is 30.7 Å². The van der Waals surface area contributed by atoms with Crippen LogP contribution in [0.25, 0.3) is 11.4 Å². The molecule has 1 aromatic carbocycles. The first-order chi connectivity index (χ1) is 9.75. The zero-order valence-corrected chi connectivity index (χ0v) is 11.1. The van der Waals surface area contributed by atoms with E-state index in [4.69, 9.17) is 5.11 Å². The fourth-order valence-electron chi connectivity index (χ4n) is 1.82. The van der Waals surface area contributed by atoms with Gasteiger partial charge < -0.3 is 5.11 Å². The van der Waals surface area contributed by atoms with E-state index in [2.05, 4.69) is 10.1 Å². The molecule has 0 unspecified atom stereocenters. The highest BCUT2D eigenvalue weighted by Crippen LogP contribution is 2.32. The molecule has 0 spiro atoms. The molecule has 2 aromatic rings. The number of rotatable bonds is 4. The van der Waals surface area contributed by atoms with Gasteiger partial charge in [-0.25, -0.2) is 4.98 Å². The Hall–Kier alpha value is -2.38. The summed E-state index contributed by atoms with van der Waals surface area (Å²) in [6.45, 7) is 1.67. The normalized spacial score (nSPS) is 11.6. The number of carbonyl (C=O) groups is 1. The monoisotopic (exact) mass is 299 g/mol. The molecule has 1 aromatic heterocycles. The Morgan fingerprint density at radius 1 is 1.33 bits per heavy atom. The second kappa shape index (κ2) is 5.55. The Bertz CT molecular complexity index is 665. The Kier molecular flexibility index (Phi) is 3.97. The van der Waals surface area contributed by atoms with Gasteiger partial charge >= 0.3 is 12.1 Å². The number of hydrogen-bond donors (Lipinski definition) is 1. The Labute approximate surface area is 118 Å². The predicted molar refractivity (Wildman–Crippen MR) is 67.4 cm³/mol. The first-order valence-corrected chi connectivity index (χ1v) is 6.06. The summed E-state index contributed by atoms with van der Waals surface area (Å²) in [5.41, 5.74) is -0.0718. The highest BCUT2D eigenvalue weighted by atomic mass is 19.4. The van der Waals surface area contributed by atoms with Crippen LogP contribution in [0.5, 0.6) is 0 Å². The molecule has 21 heavy (non-hydrogen) atoms. The lowest BCUT2D eigenvalue weighted by Crippen LogP contribution is -2.06. The molecule has 0 amide bonds. The fourth-order valence-corrected chi connectivity index (χ4v) is 1.82. The van der Waals surface area contributed by atoms with Crippen LogP contribution in [0.2, 0.25) is 0 Å². The molecule has 0 aliphatic rings. The molecule has 1 heterocycles. The lowest BCUT2D eigenvalue weighted by Gasteiger charge is -2.09. The third-order valence-corrected chi connectivity index (χ3v) is 2.75. The Morgan fingerprint density at radius 3 is 2.67 bits per heavy atom. The average Bonchev–Trinajstić information content (AvgIpc) is 2.83. The van der Waals surface area contributed by atoms with Crippen molar-refractivity contribution < 1.29 is 23.1 Å². The van der Waals surface area contributed by atoms with E-state index in [0.717, 1.165) is 12.1 Å². The SMILES string of the molecule is Cc1cc(-c2ncn(CCC(=O)O)n2)cc(C(F)(F)F)c1. The minimum absolute atomic E-state index is 0.111. The number of hydrogen-bond acceptors (Lipinski definition) is 3. The van der Waals surface area contributed by atoms with Gasteiger partial charge in [0.1, 0.15) is 6.33 Å². The quantitative estimate of drug-likeness (QED) is 0.942. The fraction of sp³-hybridized carbons (Fsp3) is 0.308. The van der Waals surface area contributed by atoms with Gasteiger partial charge in [0, 0.05) is 5.56 Å². The molecular weight excluding hydrogens is 287 g/mol. The van der Waals surface area contributed by atoms with Crippen LogP contribution in [0.3, 0.4) is 0 Å². The maximum Gasteiger partial charge on any atom is 0.416 e. The average molecular weight is 299 g/mol. The van der Waals surface area contributed by atoms with Crippen molar-refractivity contribution in [1.29, 1.82) is 0 Å². The molecule has 0 aliphatic heterocycles. The van der Waals surface area contributed by atoms with E-state index in [1.807, 2.05) is 0 Å². The maximum absolute atomic E-state index is 12.8. The first-order valence-electron chi connectivity index (χ1n) is 6.06. The summed E-state index contributed by atoms with van der Waals surface area (Å²) in [5, 5.41) is 12.6. The number of carboxylic acid groups (broad SMARTS) is 1. The van der Waals surface area contributed by atoms with Crippen molar-refractivity contribution in [2.75, 3.05) is 0 Å². The van der Waals surface area contributed by atoms with Gasteiger partial charge in [0.2, 0.25) is 0 Å². The minimum atomic E-state index is -4.44. The molecule has 1 N–H and O–H groups in total. The van der Waals surface area contributed by atoms with Crippen LogP contribution < -0.4 is 0 Å². The Morgan fingerprint density at radius 2 is 2.05 bits per heavy atom. The van der Waals surface area contributed by atoms with Gasteiger partial charge in [-0.1, -0.05) is 0 Å². The van der Waals surface area contributed by atoms with Crippen LogP contribution in [0, 0.1) is 6.92 Å². The zero-order valence-electron chi connectivity index (χ0n) is 11.1. The van der Waals surface area contributed by atoms with Gasteiger partial charge in [0.05, 0.1) is 18.5 Å². The summed E-state index contributed by atoms with van der Waals surface area (Å²) in [5.74, 6) is -0.850. The number of aryl methyl sites for hydroxylation is 2. The molecule has 0 saturated carbocycles. The van der Waals surface area contributed by atoms with Crippen LogP contribution in [0.4, 0.5) is 13.2 Å². The van der Waals surface area contributed by atoms with Crippen molar-refractivity contribution in [3.8, 4) is 11.4 Å². The third-order valence-electron chi connectivity index (χ3n) is 2.75. The topological polar surface area (TPSA) is 68.0 Å². The second-order valence-corrected chi connectivity index (χ2v) is 4.56. The molecule has 0 saturated heterocycles. The van der Waals surface area contributed by atoms with Crippen molar-refractivity contribution in [2.24, 2.45) is 0 Å². The lowest BCUT2D eigenvalue weighted by molar-refractivity contribution is -0.138. The number of halogens is 3. The van der Waals surface area contributed by atoms with Crippen LogP contribution in [-0.4, -0.2) is 25.8 Å². The smallest absolute Gasteiger partial charge is 0.416 e. The highest BCUT2D eigenvalue weighted by molar-refractivity contribution is 5.66. The van der Waals surface area contributed by atoms with Crippen molar-refractivity contribution in [3.63, 3.8) is 0 Å². The lowest BCUT2D eigenvalue weighted by atomic mass is 10.1. The molecule has 2 rings (SSSR count). The minimum Gasteiger partial charge on any atom is -0.481 e. The molecule has 0 fully saturated rings. The van der Waals surface area contributed by atoms with Gasteiger partial charge in [-0.15, -0.1) is 0 Å². The van der Waals surface area contributed by atoms with E-state index in [-0.39, 0.29) is 24.4 Å². The summed E-state index contributed by atoms with van der Waals surface area (Å²) < 4.78 is 39.6. The molecule has 0 radical (unpaired) electrons. The van der Waals surface area contributed by atoms with Crippen LogP contribution in [-0.2, 0) is 17.5 Å². The number of carboxylic acids is 1. The van der Waals surface area contributed by atoms with Gasteiger partial charge in [-0.3, -0.25) is 9.48 Å². The first kappa shape index (κ1) is 15.0. The summed E-state index contributed by atoms with van der Waals surface area (Å²) in [7, 11) is 0. The molecular formula is C13H12F3N3O2. The number of aliphatic carboxylic acids is 1. The largest absolute Gasteiger partial charge is 0.481 e. The van der Waals surface area contributed by atoms with E-state index >= 15 is 0 Å². The van der Waals surface area contributed by atoms with Gasteiger partial charge in [0.25, 0.3) is 0 Å². The number of nitrogens with zero attached hydrogens (tertiary/aromatic N) is 3. The van der Waals surface area contributed by atoms with E-state index in [1.54, 1.807) is 13.0 Å². The molecule has 0 aliphatic carbocycles. The predicted octanol–water partition coefficient (Wildman–Crippen LogP) is 2.75. The maximum atomic E-state index is 12.8. The van der Waals surface area contributed by atoms with Gasteiger partial charge in [-0.2, -0.15) is 18.3 Å². The third kappa shape index (κ3) is 3.80. The molecule has 0 atom stereocenters. The van der Waals surface area contributed by atoms with Crippen LogP contribution in [0.15, 0.2) is 24.5 Å². The standard InChI is InChI=1S/C13H12F3N3O2/c1-8-4-9(6-10(5-8)13(14,15)16)12-17-7-19(18-12)3-2-11(20)21/h4-7H,2-3H2,1H3,(H,20,21). The zero-order chi connectivity index (χ0) is 15.6. The van der Waals surface area contributed by atoms with Crippen LogP contribution >= 0.6 is 0 Å². The molecule has 112 valence electrons. The van der Waals surface area contributed by atoms with E-state index in [9.17, 15) is 18.0 Å². The number of alkyl halides is 3. The summed E-state index contributed by atoms with van der Waals surface area (Å²) in [6, 6.07) is 3.57. The van der Waals surface area contributed by atoms with Crippen molar-refractivity contribution in [3.05, 3.63) is 35.7 Å². The molecule has 5 nitrogen and oxygen atoms in total. The Balaban J connectivity index is 2.30. The molecule has 0 bridgehead atoms. The summed E-state index contributed by atoms with van der Waals surface area (Å²) in [6.07, 6.45) is -3.27. The second-order valence-electron chi connectivity index (χ2n) is 4.56. The van der Waals surface area contributed by atoms with E-state index in [0.29, 0.717) is 5.56 Å². The summed E-state index contributed by atoms with van der Waals surface area (Å²) in [4.78, 5) is 14.4.